The van der Waals surface area contributed by atoms with Crippen molar-refractivity contribution in [2.75, 3.05) is 11.9 Å². The van der Waals surface area contributed by atoms with E-state index in [0.29, 0.717) is 0 Å². The molecule has 4 heteroatoms. The highest BCUT2D eigenvalue weighted by Gasteiger charge is 2.12. The molecule has 2 unspecified atom stereocenters. The highest BCUT2D eigenvalue weighted by molar-refractivity contribution is 9.10. The fourth-order valence-electron chi connectivity index (χ4n) is 1.01. The molecule has 0 bridgehead atoms. The average Bonchev–Trinajstić information content (AvgIpc) is 2.20. The van der Waals surface area contributed by atoms with E-state index in [1.54, 1.807) is 6.20 Å². The Morgan fingerprint density at radius 2 is 2.29 bits per heavy atom. The molecule has 1 rings (SSSR count). The molecule has 0 aliphatic rings. The number of aliphatic hydroxyl groups is 1. The summed E-state index contributed by atoms with van der Waals surface area (Å²) in [6.45, 7) is 4.20. The van der Waals surface area contributed by atoms with Crippen molar-refractivity contribution in [3.8, 4) is 0 Å². The van der Waals surface area contributed by atoms with E-state index in [-0.39, 0.29) is 18.6 Å². The van der Waals surface area contributed by atoms with Crippen molar-refractivity contribution in [1.29, 1.82) is 0 Å². The minimum Gasteiger partial charge on any atom is -0.396 e. The summed E-state index contributed by atoms with van der Waals surface area (Å²) in [5.41, 5.74) is 0. The van der Waals surface area contributed by atoms with Crippen LogP contribution in [0.4, 0.5) is 5.82 Å². The van der Waals surface area contributed by atoms with Crippen LogP contribution in [0.2, 0.25) is 0 Å². The number of nitrogens with zero attached hydrogens (tertiary/aromatic N) is 1. The number of hydrogen-bond donors (Lipinski definition) is 2. The lowest BCUT2D eigenvalue weighted by Gasteiger charge is -2.20. The van der Waals surface area contributed by atoms with Crippen LogP contribution in [0.1, 0.15) is 13.8 Å². The molecule has 3 nitrogen and oxygen atoms in total. The molecular weight excluding hydrogens is 244 g/mol. The number of aliphatic hydroxyl groups excluding tert-OH is 1. The highest BCUT2D eigenvalue weighted by Crippen LogP contribution is 2.20. The van der Waals surface area contributed by atoms with Crippen molar-refractivity contribution in [2.45, 2.75) is 19.9 Å². The molecule has 2 atom stereocenters. The van der Waals surface area contributed by atoms with Crippen LogP contribution in [0.5, 0.6) is 0 Å². The van der Waals surface area contributed by atoms with Crippen molar-refractivity contribution in [3.63, 3.8) is 0 Å². The molecule has 0 aromatic carbocycles. The van der Waals surface area contributed by atoms with Crippen LogP contribution in [-0.4, -0.2) is 22.7 Å². The Bertz CT molecular complexity index is 293. The molecule has 0 radical (unpaired) electrons. The van der Waals surface area contributed by atoms with Crippen LogP contribution < -0.4 is 5.32 Å². The molecular formula is C10H15BrN2O. The number of hydrogen-bond acceptors (Lipinski definition) is 3. The molecule has 1 aromatic heterocycles. The SMILES string of the molecule is CC(CO)C(C)Nc1ncccc1Br. The van der Waals surface area contributed by atoms with Crippen LogP contribution in [0, 0.1) is 5.92 Å². The van der Waals surface area contributed by atoms with Crippen molar-refractivity contribution in [2.24, 2.45) is 5.92 Å². The monoisotopic (exact) mass is 258 g/mol. The van der Waals surface area contributed by atoms with Gasteiger partial charge in [-0.25, -0.2) is 4.98 Å². The highest BCUT2D eigenvalue weighted by atomic mass is 79.9. The molecule has 78 valence electrons. The summed E-state index contributed by atoms with van der Waals surface area (Å²) in [4.78, 5) is 4.20. The lowest BCUT2D eigenvalue weighted by Crippen LogP contribution is -2.26. The first-order chi connectivity index (χ1) is 6.65. The maximum atomic E-state index is 8.98. The number of pyridine rings is 1. The van der Waals surface area contributed by atoms with Crippen molar-refractivity contribution >= 4 is 21.7 Å². The Morgan fingerprint density at radius 1 is 1.57 bits per heavy atom. The first kappa shape index (κ1) is 11.5. The Labute approximate surface area is 92.7 Å². The van der Waals surface area contributed by atoms with Gasteiger partial charge >= 0.3 is 0 Å². The number of rotatable bonds is 4. The van der Waals surface area contributed by atoms with Crippen molar-refractivity contribution in [1.82, 2.24) is 4.98 Å². The molecule has 0 spiro atoms. The van der Waals surface area contributed by atoms with E-state index in [9.17, 15) is 0 Å². The van der Waals surface area contributed by atoms with E-state index in [1.165, 1.54) is 0 Å². The van der Waals surface area contributed by atoms with Gasteiger partial charge in [-0.2, -0.15) is 0 Å². The van der Waals surface area contributed by atoms with Crippen LogP contribution >= 0.6 is 15.9 Å². The van der Waals surface area contributed by atoms with Gasteiger partial charge in [-0.15, -0.1) is 0 Å². The van der Waals surface area contributed by atoms with Gasteiger partial charge in [-0.3, -0.25) is 0 Å². The lowest BCUT2D eigenvalue weighted by molar-refractivity contribution is 0.226. The smallest absolute Gasteiger partial charge is 0.140 e. The number of aromatic nitrogens is 1. The van der Waals surface area contributed by atoms with Gasteiger partial charge in [-0.05, 0) is 40.9 Å². The second-order valence-electron chi connectivity index (χ2n) is 3.43. The van der Waals surface area contributed by atoms with E-state index in [2.05, 4.69) is 26.2 Å². The third-order valence-corrected chi connectivity index (χ3v) is 2.90. The van der Waals surface area contributed by atoms with Gasteiger partial charge < -0.3 is 10.4 Å². The molecule has 0 saturated carbocycles. The van der Waals surface area contributed by atoms with Crippen LogP contribution in [-0.2, 0) is 0 Å². The second-order valence-corrected chi connectivity index (χ2v) is 4.28. The number of nitrogens with one attached hydrogen (secondary N) is 1. The van der Waals surface area contributed by atoms with Crippen molar-refractivity contribution in [3.05, 3.63) is 22.8 Å². The molecule has 1 heterocycles. The zero-order chi connectivity index (χ0) is 10.6. The predicted molar refractivity (Wildman–Crippen MR) is 61.3 cm³/mol. The summed E-state index contributed by atoms with van der Waals surface area (Å²) >= 11 is 3.41. The van der Waals surface area contributed by atoms with Gasteiger partial charge in [0.1, 0.15) is 5.82 Å². The first-order valence-electron chi connectivity index (χ1n) is 4.63. The molecule has 0 fully saturated rings. The molecule has 1 aromatic rings. The number of halogens is 1. The first-order valence-corrected chi connectivity index (χ1v) is 5.42. The number of anilines is 1. The standard InChI is InChI=1S/C10H15BrN2O/c1-7(6-14)8(2)13-10-9(11)4-3-5-12-10/h3-5,7-8,14H,6H2,1-2H3,(H,12,13). The molecule has 2 N–H and O–H groups in total. The second kappa shape index (κ2) is 5.32. The maximum Gasteiger partial charge on any atom is 0.140 e. The molecule has 0 aliphatic carbocycles. The van der Waals surface area contributed by atoms with Gasteiger partial charge in [0.05, 0.1) is 4.47 Å². The van der Waals surface area contributed by atoms with Gasteiger partial charge in [0.25, 0.3) is 0 Å². The van der Waals surface area contributed by atoms with E-state index >= 15 is 0 Å². The average molecular weight is 259 g/mol. The van der Waals surface area contributed by atoms with E-state index in [4.69, 9.17) is 5.11 Å². The zero-order valence-electron chi connectivity index (χ0n) is 8.37. The predicted octanol–water partition coefficient (Wildman–Crippen LogP) is 2.27. The summed E-state index contributed by atoms with van der Waals surface area (Å²) in [6, 6.07) is 4.01. The fraction of sp³-hybridized carbons (Fsp3) is 0.500. The van der Waals surface area contributed by atoms with Gasteiger partial charge in [-0.1, -0.05) is 6.92 Å². The van der Waals surface area contributed by atoms with E-state index in [1.807, 2.05) is 26.0 Å². The Kier molecular flexibility index (Phi) is 4.35. The van der Waals surface area contributed by atoms with Crippen LogP contribution in [0.25, 0.3) is 0 Å². The maximum absolute atomic E-state index is 8.98. The molecule has 0 saturated heterocycles. The minimum atomic E-state index is 0.179. The van der Waals surface area contributed by atoms with Gasteiger partial charge in [0, 0.05) is 18.8 Å². The van der Waals surface area contributed by atoms with Crippen LogP contribution in [0.15, 0.2) is 22.8 Å². The molecule has 0 amide bonds. The lowest BCUT2D eigenvalue weighted by atomic mass is 10.1. The Balaban J connectivity index is 2.64. The Hall–Kier alpha value is -0.610. The summed E-state index contributed by atoms with van der Waals surface area (Å²) in [5.74, 6) is 1.03. The van der Waals surface area contributed by atoms with E-state index in [0.717, 1.165) is 10.3 Å². The van der Waals surface area contributed by atoms with Gasteiger partial charge in [0.15, 0.2) is 0 Å². The van der Waals surface area contributed by atoms with Crippen molar-refractivity contribution < 1.29 is 5.11 Å². The normalized spacial score (nSPS) is 14.9. The minimum absolute atomic E-state index is 0.179. The summed E-state index contributed by atoms with van der Waals surface area (Å²) in [7, 11) is 0. The van der Waals surface area contributed by atoms with E-state index < -0.39 is 0 Å². The van der Waals surface area contributed by atoms with Crippen LogP contribution in [0.3, 0.4) is 0 Å². The third-order valence-electron chi connectivity index (χ3n) is 2.26. The Morgan fingerprint density at radius 3 is 2.86 bits per heavy atom. The topological polar surface area (TPSA) is 45.1 Å². The zero-order valence-corrected chi connectivity index (χ0v) is 9.95. The third kappa shape index (κ3) is 2.96. The summed E-state index contributed by atoms with van der Waals surface area (Å²) in [6.07, 6.45) is 1.74. The molecule has 14 heavy (non-hydrogen) atoms. The molecule has 0 aliphatic heterocycles. The quantitative estimate of drug-likeness (QED) is 0.871. The fourth-order valence-corrected chi connectivity index (χ4v) is 1.38. The largest absolute Gasteiger partial charge is 0.396 e. The summed E-state index contributed by atoms with van der Waals surface area (Å²) < 4.78 is 0.942. The summed E-state index contributed by atoms with van der Waals surface area (Å²) in [5, 5.41) is 12.2. The van der Waals surface area contributed by atoms with Gasteiger partial charge in [0.2, 0.25) is 0 Å².